The number of hydrogen-bond acceptors (Lipinski definition) is 3. The highest BCUT2D eigenvalue weighted by molar-refractivity contribution is 7.98. The van der Waals surface area contributed by atoms with E-state index in [1.54, 1.807) is 11.8 Å². The number of carbonyl (C=O) groups excluding carboxylic acids is 1. The van der Waals surface area contributed by atoms with E-state index in [0.717, 1.165) is 0 Å². The maximum atomic E-state index is 13.6. The Bertz CT molecular complexity index is 411. The van der Waals surface area contributed by atoms with Crippen LogP contribution in [0.2, 0.25) is 5.02 Å². The van der Waals surface area contributed by atoms with Crippen LogP contribution in [-0.4, -0.2) is 35.7 Å². The van der Waals surface area contributed by atoms with Crippen molar-refractivity contribution in [2.75, 3.05) is 18.6 Å². The molecule has 1 aromatic rings. The number of amides is 1. The van der Waals surface area contributed by atoms with Crippen molar-refractivity contribution in [3.8, 4) is 0 Å². The van der Waals surface area contributed by atoms with Crippen molar-refractivity contribution in [1.29, 1.82) is 0 Å². The normalized spacial score (nSPS) is 12.2. The zero-order valence-corrected chi connectivity index (χ0v) is 11.5. The van der Waals surface area contributed by atoms with Crippen LogP contribution in [0.15, 0.2) is 18.2 Å². The zero-order chi connectivity index (χ0) is 13.5. The summed E-state index contributed by atoms with van der Waals surface area (Å²) >= 11 is 7.17. The molecule has 0 fully saturated rings. The molecule has 0 bridgehead atoms. The molecule has 0 aliphatic carbocycles. The van der Waals surface area contributed by atoms with Gasteiger partial charge in [-0.05, 0) is 24.8 Å². The molecule has 1 rings (SSSR count). The van der Waals surface area contributed by atoms with Crippen LogP contribution in [0, 0.1) is 5.82 Å². The van der Waals surface area contributed by atoms with Crippen molar-refractivity contribution in [3.63, 3.8) is 0 Å². The largest absolute Gasteiger partial charge is 0.396 e. The van der Waals surface area contributed by atoms with Crippen molar-refractivity contribution < 1.29 is 14.3 Å². The van der Waals surface area contributed by atoms with Crippen LogP contribution in [0.25, 0.3) is 0 Å². The van der Waals surface area contributed by atoms with E-state index >= 15 is 0 Å². The Morgan fingerprint density at radius 1 is 1.61 bits per heavy atom. The van der Waals surface area contributed by atoms with Crippen LogP contribution in [0.4, 0.5) is 4.39 Å². The van der Waals surface area contributed by atoms with E-state index < -0.39 is 11.7 Å². The van der Waals surface area contributed by atoms with Crippen LogP contribution in [0.1, 0.15) is 16.8 Å². The van der Waals surface area contributed by atoms with Gasteiger partial charge in [0, 0.05) is 18.4 Å². The molecular formula is C12H15ClFNO2S. The van der Waals surface area contributed by atoms with Crippen LogP contribution < -0.4 is 5.32 Å². The molecule has 0 saturated carbocycles. The third kappa shape index (κ3) is 4.15. The number of carbonyl (C=O) groups is 1. The minimum absolute atomic E-state index is 0.0243. The molecule has 100 valence electrons. The van der Waals surface area contributed by atoms with E-state index in [0.29, 0.717) is 12.2 Å². The Morgan fingerprint density at radius 2 is 2.33 bits per heavy atom. The van der Waals surface area contributed by atoms with Crippen molar-refractivity contribution in [2.24, 2.45) is 0 Å². The van der Waals surface area contributed by atoms with Crippen LogP contribution in [0.5, 0.6) is 0 Å². The van der Waals surface area contributed by atoms with E-state index in [9.17, 15) is 9.18 Å². The summed E-state index contributed by atoms with van der Waals surface area (Å²) in [6.45, 7) is -0.0243. The van der Waals surface area contributed by atoms with E-state index in [-0.39, 0.29) is 23.2 Å². The minimum Gasteiger partial charge on any atom is -0.396 e. The second-order valence-corrected chi connectivity index (χ2v) is 5.06. The quantitative estimate of drug-likeness (QED) is 0.846. The monoisotopic (exact) mass is 291 g/mol. The number of nitrogens with one attached hydrogen (secondary N) is 1. The average molecular weight is 292 g/mol. The second kappa shape index (κ2) is 7.61. The van der Waals surface area contributed by atoms with Gasteiger partial charge in [-0.2, -0.15) is 11.8 Å². The summed E-state index contributed by atoms with van der Waals surface area (Å²) in [5.41, 5.74) is -0.0773. The van der Waals surface area contributed by atoms with Gasteiger partial charge >= 0.3 is 0 Å². The summed E-state index contributed by atoms with van der Waals surface area (Å²) in [4.78, 5) is 11.9. The molecule has 1 atom stereocenters. The Balaban J connectivity index is 2.77. The molecule has 1 aromatic carbocycles. The third-order valence-electron chi connectivity index (χ3n) is 2.38. The summed E-state index contributed by atoms with van der Waals surface area (Å²) in [6.07, 6.45) is 2.34. The predicted molar refractivity (Wildman–Crippen MR) is 72.7 cm³/mol. The number of hydrogen-bond donors (Lipinski definition) is 2. The Kier molecular flexibility index (Phi) is 6.46. The lowest BCUT2D eigenvalue weighted by Gasteiger charge is -2.17. The number of rotatable bonds is 6. The number of aliphatic hydroxyl groups excluding tert-OH is 1. The maximum Gasteiger partial charge on any atom is 0.254 e. The number of halogens is 2. The fourth-order valence-corrected chi connectivity index (χ4v) is 2.32. The average Bonchev–Trinajstić information content (AvgIpc) is 2.33. The van der Waals surface area contributed by atoms with Gasteiger partial charge in [-0.15, -0.1) is 0 Å². The predicted octanol–water partition coefficient (Wildman–Crippen LogP) is 2.32. The third-order valence-corrected chi connectivity index (χ3v) is 3.40. The standard InChI is InChI=1S/C12H15ClFNO2S/c1-18-7-8(5-6-16)15-12(17)9-3-2-4-10(13)11(9)14/h2-4,8,16H,5-7H2,1H3,(H,15,17)/t8-/m0/s1. The first-order valence-corrected chi connectivity index (χ1v) is 7.22. The molecule has 0 radical (unpaired) electrons. The Hall–Kier alpha value is -0.780. The first-order chi connectivity index (χ1) is 8.60. The molecule has 0 heterocycles. The van der Waals surface area contributed by atoms with Crippen LogP contribution >= 0.6 is 23.4 Å². The fraction of sp³-hybridized carbons (Fsp3) is 0.417. The molecule has 2 N–H and O–H groups in total. The van der Waals surface area contributed by atoms with E-state index in [1.807, 2.05) is 6.26 Å². The van der Waals surface area contributed by atoms with Crippen molar-refractivity contribution in [3.05, 3.63) is 34.6 Å². The molecule has 0 spiro atoms. The highest BCUT2D eigenvalue weighted by Crippen LogP contribution is 2.18. The van der Waals surface area contributed by atoms with Crippen molar-refractivity contribution in [2.45, 2.75) is 12.5 Å². The van der Waals surface area contributed by atoms with Crippen LogP contribution in [-0.2, 0) is 0 Å². The van der Waals surface area contributed by atoms with Gasteiger partial charge in [0.15, 0.2) is 5.82 Å². The molecule has 1 amide bonds. The lowest BCUT2D eigenvalue weighted by Crippen LogP contribution is -2.37. The maximum absolute atomic E-state index is 13.6. The second-order valence-electron chi connectivity index (χ2n) is 3.74. The van der Waals surface area contributed by atoms with E-state index in [1.165, 1.54) is 18.2 Å². The Labute approximate surface area is 115 Å². The summed E-state index contributed by atoms with van der Waals surface area (Å²) in [5.74, 6) is -0.569. The van der Waals surface area contributed by atoms with Gasteiger partial charge in [0.1, 0.15) is 0 Å². The van der Waals surface area contributed by atoms with Gasteiger partial charge in [-0.3, -0.25) is 4.79 Å². The molecule has 0 aromatic heterocycles. The Morgan fingerprint density at radius 3 is 2.94 bits per heavy atom. The van der Waals surface area contributed by atoms with Gasteiger partial charge in [0.25, 0.3) is 5.91 Å². The molecule has 0 unspecified atom stereocenters. The smallest absolute Gasteiger partial charge is 0.254 e. The molecule has 3 nitrogen and oxygen atoms in total. The van der Waals surface area contributed by atoms with Crippen molar-refractivity contribution in [1.82, 2.24) is 5.32 Å². The summed E-state index contributed by atoms with van der Waals surface area (Å²) < 4.78 is 13.6. The van der Waals surface area contributed by atoms with Gasteiger partial charge in [-0.25, -0.2) is 4.39 Å². The molecule has 6 heteroatoms. The number of benzene rings is 1. The first-order valence-electron chi connectivity index (χ1n) is 5.44. The zero-order valence-electron chi connectivity index (χ0n) is 9.95. The van der Waals surface area contributed by atoms with Crippen LogP contribution in [0.3, 0.4) is 0 Å². The molecule has 0 aliphatic heterocycles. The van der Waals surface area contributed by atoms with Gasteiger partial charge < -0.3 is 10.4 Å². The fourth-order valence-electron chi connectivity index (χ4n) is 1.50. The summed E-state index contributed by atoms with van der Waals surface area (Å²) in [5, 5.41) is 11.5. The van der Waals surface area contributed by atoms with Gasteiger partial charge in [-0.1, -0.05) is 17.7 Å². The van der Waals surface area contributed by atoms with E-state index in [2.05, 4.69) is 5.32 Å². The lowest BCUT2D eigenvalue weighted by molar-refractivity contribution is 0.0931. The highest BCUT2D eigenvalue weighted by atomic mass is 35.5. The number of aliphatic hydroxyl groups is 1. The molecular weight excluding hydrogens is 277 g/mol. The minimum atomic E-state index is -0.719. The molecule has 0 saturated heterocycles. The molecule has 0 aliphatic rings. The summed E-state index contributed by atoms with van der Waals surface area (Å²) in [7, 11) is 0. The van der Waals surface area contributed by atoms with Gasteiger partial charge in [0.2, 0.25) is 0 Å². The SMILES string of the molecule is CSC[C@H](CCO)NC(=O)c1cccc(Cl)c1F. The number of thioether (sulfide) groups is 1. The molecule has 18 heavy (non-hydrogen) atoms. The van der Waals surface area contributed by atoms with E-state index in [4.69, 9.17) is 16.7 Å². The van der Waals surface area contributed by atoms with Crippen molar-refractivity contribution >= 4 is 29.3 Å². The topological polar surface area (TPSA) is 49.3 Å². The van der Waals surface area contributed by atoms with Gasteiger partial charge in [0.05, 0.1) is 10.6 Å². The summed E-state index contributed by atoms with van der Waals surface area (Å²) in [6, 6.07) is 4.11. The lowest BCUT2D eigenvalue weighted by atomic mass is 10.1. The highest BCUT2D eigenvalue weighted by Gasteiger charge is 2.17. The first kappa shape index (κ1) is 15.3.